The Morgan fingerprint density at radius 1 is 1.44 bits per heavy atom. The number of imidazole rings is 1. The van der Waals surface area contributed by atoms with Crippen molar-refractivity contribution in [1.29, 1.82) is 0 Å². The van der Waals surface area contributed by atoms with Gasteiger partial charge in [0.15, 0.2) is 0 Å². The normalized spacial score (nSPS) is 11.1. The van der Waals surface area contributed by atoms with Crippen LogP contribution in [-0.2, 0) is 13.5 Å². The number of benzene rings is 1. The summed E-state index contributed by atoms with van der Waals surface area (Å²) in [6.07, 6.45) is 6.35. The third-order valence-corrected chi connectivity index (χ3v) is 2.68. The fourth-order valence-electron chi connectivity index (χ4n) is 1.81. The summed E-state index contributed by atoms with van der Waals surface area (Å²) < 4.78 is 7.28. The first-order chi connectivity index (χ1) is 8.70. The minimum absolute atomic E-state index is 0.720. The summed E-state index contributed by atoms with van der Waals surface area (Å²) in [5.41, 5.74) is 2.95. The maximum absolute atomic E-state index is 5.35. The highest BCUT2D eigenvalue weighted by Gasteiger charge is 2.03. The van der Waals surface area contributed by atoms with Crippen molar-refractivity contribution in [3.63, 3.8) is 0 Å². The molecule has 0 atom stereocenters. The van der Waals surface area contributed by atoms with Crippen LogP contribution >= 0.6 is 0 Å². The van der Waals surface area contributed by atoms with Gasteiger partial charge in [0, 0.05) is 25.9 Å². The summed E-state index contributed by atoms with van der Waals surface area (Å²) in [7, 11) is 3.62. The minimum atomic E-state index is 0.720. The molecule has 0 N–H and O–H groups in total. The first-order valence-corrected chi connectivity index (χ1v) is 5.83. The van der Waals surface area contributed by atoms with Crippen molar-refractivity contribution in [2.24, 2.45) is 12.0 Å². The highest BCUT2D eigenvalue weighted by atomic mass is 16.5. The molecular formula is C14H17N3O. The summed E-state index contributed by atoms with van der Waals surface area (Å²) >= 11 is 0. The quantitative estimate of drug-likeness (QED) is 0.774. The molecule has 1 heterocycles. The van der Waals surface area contributed by atoms with Gasteiger partial charge >= 0.3 is 0 Å². The van der Waals surface area contributed by atoms with E-state index in [1.807, 2.05) is 49.1 Å². The van der Waals surface area contributed by atoms with Crippen molar-refractivity contribution < 1.29 is 4.74 Å². The molecule has 4 nitrogen and oxygen atoms in total. The van der Waals surface area contributed by atoms with Crippen molar-refractivity contribution in [1.82, 2.24) is 9.55 Å². The average molecular weight is 243 g/mol. The number of ether oxygens (including phenoxy) is 1. The van der Waals surface area contributed by atoms with Gasteiger partial charge in [-0.2, -0.15) is 0 Å². The van der Waals surface area contributed by atoms with E-state index in [0.29, 0.717) is 0 Å². The maximum atomic E-state index is 5.35. The van der Waals surface area contributed by atoms with E-state index in [9.17, 15) is 0 Å². The first kappa shape index (κ1) is 12.4. The summed E-state index contributed by atoms with van der Waals surface area (Å²) in [6, 6.07) is 5.93. The standard InChI is InChI=1S/C14H17N3O/c1-11-5-4-6-13(14(11)18-3)15-8-7-12-9-17(2)10-16-12/h4-6,8-10H,7H2,1-3H3. The summed E-state index contributed by atoms with van der Waals surface area (Å²) in [5.74, 6) is 0.828. The van der Waals surface area contributed by atoms with Gasteiger partial charge in [-0.1, -0.05) is 12.1 Å². The smallest absolute Gasteiger partial charge is 0.147 e. The Balaban J connectivity index is 2.11. The molecule has 0 aliphatic rings. The van der Waals surface area contributed by atoms with Gasteiger partial charge in [-0.3, -0.25) is 4.99 Å². The highest BCUT2D eigenvalue weighted by molar-refractivity contribution is 5.69. The number of para-hydroxylation sites is 1. The fraction of sp³-hybridized carbons (Fsp3) is 0.286. The lowest BCUT2D eigenvalue weighted by atomic mass is 10.2. The molecule has 0 saturated heterocycles. The Bertz CT molecular complexity index is 558. The van der Waals surface area contributed by atoms with Crippen molar-refractivity contribution in [3.8, 4) is 5.75 Å². The van der Waals surface area contributed by atoms with Crippen LogP contribution < -0.4 is 4.74 Å². The third-order valence-electron chi connectivity index (χ3n) is 2.68. The summed E-state index contributed by atoms with van der Waals surface area (Å²) in [6.45, 7) is 2.01. The van der Waals surface area contributed by atoms with Gasteiger partial charge in [0.25, 0.3) is 0 Å². The van der Waals surface area contributed by atoms with E-state index in [1.165, 1.54) is 0 Å². The van der Waals surface area contributed by atoms with E-state index in [0.717, 1.165) is 29.1 Å². The van der Waals surface area contributed by atoms with Gasteiger partial charge in [0.2, 0.25) is 0 Å². The molecular weight excluding hydrogens is 226 g/mol. The molecule has 0 radical (unpaired) electrons. The second-order valence-electron chi connectivity index (χ2n) is 4.17. The van der Waals surface area contributed by atoms with Gasteiger partial charge in [-0.05, 0) is 18.6 Å². The Hall–Kier alpha value is -2.10. The van der Waals surface area contributed by atoms with Crippen molar-refractivity contribution in [3.05, 3.63) is 42.0 Å². The SMILES string of the molecule is COc1c(C)cccc1N=CCc1cn(C)cn1. The molecule has 0 aliphatic carbocycles. The highest BCUT2D eigenvalue weighted by Crippen LogP contribution is 2.30. The van der Waals surface area contributed by atoms with Gasteiger partial charge in [0.05, 0.1) is 19.1 Å². The molecule has 0 unspecified atom stereocenters. The number of aliphatic imine (C=N–C) groups is 1. The molecule has 0 spiro atoms. The van der Waals surface area contributed by atoms with Crippen LogP contribution in [0, 0.1) is 6.92 Å². The first-order valence-electron chi connectivity index (χ1n) is 5.83. The Kier molecular flexibility index (Phi) is 3.77. The van der Waals surface area contributed by atoms with Gasteiger partial charge in [-0.15, -0.1) is 0 Å². The third kappa shape index (κ3) is 2.77. The molecule has 18 heavy (non-hydrogen) atoms. The van der Waals surface area contributed by atoms with E-state index in [1.54, 1.807) is 13.4 Å². The fourth-order valence-corrected chi connectivity index (χ4v) is 1.81. The van der Waals surface area contributed by atoms with E-state index < -0.39 is 0 Å². The predicted octanol–water partition coefficient (Wildman–Crippen LogP) is 2.68. The molecule has 2 rings (SSSR count). The second kappa shape index (κ2) is 5.49. The lowest BCUT2D eigenvalue weighted by Gasteiger charge is -2.06. The van der Waals surface area contributed by atoms with E-state index in [4.69, 9.17) is 4.74 Å². The zero-order valence-electron chi connectivity index (χ0n) is 10.9. The van der Waals surface area contributed by atoms with Crippen molar-refractivity contribution in [2.75, 3.05) is 7.11 Å². The predicted molar refractivity (Wildman–Crippen MR) is 72.8 cm³/mol. The molecule has 94 valence electrons. The van der Waals surface area contributed by atoms with Crippen LogP contribution in [0.15, 0.2) is 35.7 Å². The van der Waals surface area contributed by atoms with Crippen LogP contribution in [0.3, 0.4) is 0 Å². The van der Waals surface area contributed by atoms with E-state index in [-0.39, 0.29) is 0 Å². The Morgan fingerprint density at radius 3 is 2.94 bits per heavy atom. The monoisotopic (exact) mass is 243 g/mol. The van der Waals surface area contributed by atoms with Gasteiger partial charge in [0.1, 0.15) is 11.4 Å². The van der Waals surface area contributed by atoms with Crippen molar-refractivity contribution >= 4 is 11.9 Å². The number of aromatic nitrogens is 2. The van der Waals surface area contributed by atoms with Crippen LogP contribution in [0.4, 0.5) is 5.69 Å². The van der Waals surface area contributed by atoms with Crippen LogP contribution in [0.1, 0.15) is 11.3 Å². The van der Waals surface area contributed by atoms with Crippen molar-refractivity contribution in [2.45, 2.75) is 13.3 Å². The Labute approximate surface area is 107 Å². The molecule has 1 aromatic carbocycles. The summed E-state index contributed by atoms with van der Waals surface area (Å²) in [5, 5.41) is 0. The van der Waals surface area contributed by atoms with Crippen LogP contribution in [-0.4, -0.2) is 22.9 Å². The largest absolute Gasteiger partial charge is 0.494 e. The average Bonchev–Trinajstić information content (AvgIpc) is 2.75. The number of methoxy groups -OCH3 is 1. The number of hydrogen-bond donors (Lipinski definition) is 0. The van der Waals surface area contributed by atoms with Crippen LogP contribution in [0.5, 0.6) is 5.75 Å². The molecule has 1 aromatic heterocycles. The number of rotatable bonds is 4. The zero-order valence-corrected chi connectivity index (χ0v) is 10.9. The lowest BCUT2D eigenvalue weighted by Crippen LogP contribution is -1.89. The second-order valence-corrected chi connectivity index (χ2v) is 4.17. The van der Waals surface area contributed by atoms with Gasteiger partial charge < -0.3 is 9.30 Å². The topological polar surface area (TPSA) is 39.4 Å². The molecule has 0 bridgehead atoms. The zero-order chi connectivity index (χ0) is 13.0. The van der Waals surface area contributed by atoms with E-state index in [2.05, 4.69) is 9.98 Å². The molecule has 2 aromatic rings. The van der Waals surface area contributed by atoms with Crippen LogP contribution in [0.2, 0.25) is 0 Å². The summed E-state index contributed by atoms with van der Waals surface area (Å²) in [4.78, 5) is 8.69. The van der Waals surface area contributed by atoms with E-state index >= 15 is 0 Å². The number of nitrogens with zero attached hydrogens (tertiary/aromatic N) is 3. The molecule has 0 fully saturated rings. The molecule has 0 saturated carbocycles. The molecule has 4 heteroatoms. The maximum Gasteiger partial charge on any atom is 0.147 e. The van der Waals surface area contributed by atoms with Crippen LogP contribution in [0.25, 0.3) is 0 Å². The molecule has 0 aliphatic heterocycles. The lowest BCUT2D eigenvalue weighted by molar-refractivity contribution is 0.413. The van der Waals surface area contributed by atoms with Gasteiger partial charge in [-0.25, -0.2) is 4.98 Å². The minimum Gasteiger partial charge on any atom is -0.494 e. The number of hydrogen-bond acceptors (Lipinski definition) is 3. The Morgan fingerprint density at radius 2 is 2.28 bits per heavy atom. The number of aryl methyl sites for hydroxylation is 2. The molecule has 0 amide bonds.